The summed E-state index contributed by atoms with van der Waals surface area (Å²) in [5, 5.41) is 0. The molecule has 3 nitrogen and oxygen atoms in total. The number of imidazole rings is 1. The van der Waals surface area contributed by atoms with Gasteiger partial charge in [0.25, 0.3) is 0 Å². The number of halogens is 1. The summed E-state index contributed by atoms with van der Waals surface area (Å²) < 4.78 is 21.6. The van der Waals surface area contributed by atoms with E-state index in [9.17, 15) is 4.39 Å². The molecule has 0 aliphatic carbocycles. The van der Waals surface area contributed by atoms with Crippen molar-refractivity contribution in [3.05, 3.63) is 28.8 Å². The second kappa shape index (κ2) is 4.48. The van der Waals surface area contributed by atoms with Crippen molar-refractivity contribution >= 4 is 23.3 Å². The molecule has 1 aromatic carbocycles. The number of benzene rings is 1. The van der Waals surface area contributed by atoms with Gasteiger partial charge >= 0.3 is 0 Å². The minimum absolute atomic E-state index is 0.226. The first kappa shape index (κ1) is 11.9. The summed E-state index contributed by atoms with van der Waals surface area (Å²) >= 11 is 5.36. The van der Waals surface area contributed by atoms with E-state index in [1.165, 1.54) is 6.07 Å². The van der Waals surface area contributed by atoms with Crippen molar-refractivity contribution < 1.29 is 9.13 Å². The Morgan fingerprint density at radius 2 is 2.33 bits per heavy atom. The molecule has 18 heavy (non-hydrogen) atoms. The summed E-state index contributed by atoms with van der Waals surface area (Å²) in [4.78, 5) is 3.14. The molecule has 1 fully saturated rings. The average Bonchev–Trinajstić information content (AvgIpc) is 2.64. The highest BCUT2D eigenvalue weighted by Crippen LogP contribution is 2.29. The van der Waals surface area contributed by atoms with E-state index in [1.807, 2.05) is 4.57 Å². The predicted molar refractivity (Wildman–Crippen MR) is 70.8 cm³/mol. The molecule has 1 aromatic heterocycles. The molecule has 0 radical (unpaired) electrons. The molecule has 0 amide bonds. The molecular formula is C13H15FN2OS. The lowest BCUT2D eigenvalue weighted by Crippen LogP contribution is -2.25. The molecule has 0 spiro atoms. The number of aromatic nitrogens is 2. The molecule has 2 heterocycles. The summed E-state index contributed by atoms with van der Waals surface area (Å²) in [7, 11) is 0. The fourth-order valence-electron chi connectivity index (χ4n) is 2.67. The van der Waals surface area contributed by atoms with Crippen LogP contribution >= 0.6 is 12.2 Å². The molecule has 3 rings (SSSR count). The molecule has 2 atom stereocenters. The number of nitrogens with one attached hydrogen (secondary N) is 1. The number of rotatable bonds is 1. The molecule has 1 N–H and O–H groups in total. The highest BCUT2D eigenvalue weighted by atomic mass is 32.1. The lowest BCUT2D eigenvalue weighted by atomic mass is 10.0. The van der Waals surface area contributed by atoms with Crippen LogP contribution in [0.2, 0.25) is 0 Å². The van der Waals surface area contributed by atoms with Crippen LogP contribution in [-0.2, 0) is 4.74 Å². The maximum Gasteiger partial charge on any atom is 0.178 e. The number of fused-ring (bicyclic) bond motifs is 1. The number of ether oxygens (including phenoxy) is 1. The first-order valence-corrected chi connectivity index (χ1v) is 6.57. The highest BCUT2D eigenvalue weighted by molar-refractivity contribution is 7.71. The van der Waals surface area contributed by atoms with E-state index in [1.54, 1.807) is 12.1 Å². The Hall–Kier alpha value is -1.20. The van der Waals surface area contributed by atoms with Gasteiger partial charge in [-0.3, -0.25) is 0 Å². The van der Waals surface area contributed by atoms with Crippen LogP contribution in [0.15, 0.2) is 18.2 Å². The van der Waals surface area contributed by atoms with Crippen LogP contribution in [0.25, 0.3) is 11.0 Å². The maximum atomic E-state index is 13.4. The monoisotopic (exact) mass is 266 g/mol. The lowest BCUT2D eigenvalue weighted by Gasteiger charge is -2.28. The third-order valence-corrected chi connectivity index (χ3v) is 3.80. The van der Waals surface area contributed by atoms with E-state index in [2.05, 4.69) is 11.9 Å². The van der Waals surface area contributed by atoms with Crippen molar-refractivity contribution in [2.45, 2.75) is 31.9 Å². The van der Waals surface area contributed by atoms with Crippen LogP contribution in [0.5, 0.6) is 0 Å². The predicted octanol–water partition coefficient (Wildman–Crippen LogP) is 3.58. The number of aromatic amines is 1. The minimum atomic E-state index is -0.231. The van der Waals surface area contributed by atoms with Gasteiger partial charge in [-0.15, -0.1) is 0 Å². The van der Waals surface area contributed by atoms with Crippen LogP contribution in [0.3, 0.4) is 0 Å². The van der Waals surface area contributed by atoms with Crippen molar-refractivity contribution in [3.8, 4) is 0 Å². The van der Waals surface area contributed by atoms with Gasteiger partial charge in [-0.2, -0.15) is 0 Å². The Morgan fingerprint density at radius 1 is 1.50 bits per heavy atom. The first-order valence-electron chi connectivity index (χ1n) is 6.16. The maximum absolute atomic E-state index is 13.4. The van der Waals surface area contributed by atoms with Gasteiger partial charge in [-0.25, -0.2) is 4.39 Å². The SMILES string of the molecule is CC1CC(n2c(=S)[nH]c3ccc(F)cc32)CCO1. The molecule has 0 saturated carbocycles. The Bertz CT molecular complexity index is 633. The van der Waals surface area contributed by atoms with E-state index in [0.717, 1.165) is 30.5 Å². The summed E-state index contributed by atoms with van der Waals surface area (Å²) in [6.45, 7) is 2.79. The molecule has 2 aromatic rings. The van der Waals surface area contributed by atoms with Gasteiger partial charge in [-0.05, 0) is 50.2 Å². The van der Waals surface area contributed by atoms with E-state index in [-0.39, 0.29) is 18.0 Å². The second-order valence-corrected chi connectivity index (χ2v) is 5.21. The van der Waals surface area contributed by atoms with Gasteiger partial charge < -0.3 is 14.3 Å². The third kappa shape index (κ3) is 1.97. The average molecular weight is 266 g/mol. The number of nitrogens with zero attached hydrogens (tertiary/aromatic N) is 1. The van der Waals surface area contributed by atoms with Crippen LogP contribution in [-0.4, -0.2) is 22.3 Å². The smallest absolute Gasteiger partial charge is 0.178 e. The first-order chi connectivity index (χ1) is 8.65. The van der Waals surface area contributed by atoms with Crippen molar-refractivity contribution in [2.24, 2.45) is 0 Å². The molecular weight excluding hydrogens is 251 g/mol. The quantitative estimate of drug-likeness (QED) is 0.800. The molecule has 96 valence electrons. The topological polar surface area (TPSA) is 29.9 Å². The number of hydrogen-bond acceptors (Lipinski definition) is 2. The molecule has 2 unspecified atom stereocenters. The summed E-state index contributed by atoms with van der Waals surface area (Å²) in [5.41, 5.74) is 1.74. The van der Waals surface area contributed by atoms with Gasteiger partial charge in [0.1, 0.15) is 5.82 Å². The molecule has 1 aliphatic heterocycles. The van der Waals surface area contributed by atoms with E-state index < -0.39 is 0 Å². The Morgan fingerprint density at radius 3 is 3.11 bits per heavy atom. The zero-order valence-corrected chi connectivity index (χ0v) is 11.0. The molecule has 1 aliphatic rings. The zero-order chi connectivity index (χ0) is 12.7. The molecule has 1 saturated heterocycles. The van der Waals surface area contributed by atoms with Crippen LogP contribution in [0.1, 0.15) is 25.8 Å². The van der Waals surface area contributed by atoms with E-state index in [4.69, 9.17) is 17.0 Å². The van der Waals surface area contributed by atoms with Gasteiger partial charge in [0.05, 0.1) is 17.1 Å². The Balaban J connectivity index is 2.12. The Labute approximate surface area is 110 Å². The van der Waals surface area contributed by atoms with Gasteiger partial charge in [-0.1, -0.05) is 0 Å². The second-order valence-electron chi connectivity index (χ2n) is 4.82. The van der Waals surface area contributed by atoms with E-state index >= 15 is 0 Å². The summed E-state index contributed by atoms with van der Waals surface area (Å²) in [5.74, 6) is -0.231. The van der Waals surface area contributed by atoms with Crippen molar-refractivity contribution in [3.63, 3.8) is 0 Å². The fourth-order valence-corrected chi connectivity index (χ4v) is 3.02. The van der Waals surface area contributed by atoms with Crippen molar-refractivity contribution in [1.82, 2.24) is 9.55 Å². The zero-order valence-electron chi connectivity index (χ0n) is 10.1. The Kier molecular flexibility index (Phi) is 2.95. The van der Waals surface area contributed by atoms with Gasteiger partial charge in [0.15, 0.2) is 4.77 Å². The number of hydrogen-bond donors (Lipinski definition) is 1. The normalized spacial score (nSPS) is 24.6. The van der Waals surface area contributed by atoms with Crippen molar-refractivity contribution in [2.75, 3.05) is 6.61 Å². The van der Waals surface area contributed by atoms with Crippen LogP contribution < -0.4 is 0 Å². The van der Waals surface area contributed by atoms with Gasteiger partial charge in [0.2, 0.25) is 0 Å². The standard InChI is InChI=1S/C13H15FN2OS/c1-8-6-10(4-5-17-8)16-12-7-9(14)2-3-11(12)15-13(16)18/h2-3,7-8,10H,4-6H2,1H3,(H,15,18). The molecule has 0 bridgehead atoms. The molecule has 5 heteroatoms. The third-order valence-electron chi connectivity index (χ3n) is 3.50. The lowest BCUT2D eigenvalue weighted by molar-refractivity contribution is 0.00647. The van der Waals surface area contributed by atoms with Crippen LogP contribution in [0, 0.1) is 10.6 Å². The summed E-state index contributed by atoms with van der Waals surface area (Å²) in [6, 6.07) is 5.02. The van der Waals surface area contributed by atoms with Gasteiger partial charge in [0, 0.05) is 12.6 Å². The van der Waals surface area contributed by atoms with Crippen LogP contribution in [0.4, 0.5) is 4.39 Å². The highest BCUT2D eigenvalue weighted by Gasteiger charge is 2.23. The van der Waals surface area contributed by atoms with E-state index in [0.29, 0.717) is 4.77 Å². The number of H-pyrrole nitrogens is 1. The summed E-state index contributed by atoms with van der Waals surface area (Å²) in [6.07, 6.45) is 2.06. The minimum Gasteiger partial charge on any atom is -0.378 e. The van der Waals surface area contributed by atoms with Crippen molar-refractivity contribution in [1.29, 1.82) is 0 Å². The fraction of sp³-hybridized carbons (Fsp3) is 0.462. The largest absolute Gasteiger partial charge is 0.378 e.